The third kappa shape index (κ3) is 3.86. The van der Waals surface area contributed by atoms with Crippen molar-refractivity contribution in [3.05, 3.63) is 95.3 Å². The fourth-order valence-corrected chi connectivity index (χ4v) is 4.03. The van der Waals surface area contributed by atoms with Crippen molar-refractivity contribution < 1.29 is 9.18 Å². The van der Waals surface area contributed by atoms with Gasteiger partial charge >= 0.3 is 0 Å². The van der Waals surface area contributed by atoms with E-state index in [0.29, 0.717) is 18.7 Å². The van der Waals surface area contributed by atoms with E-state index in [-0.39, 0.29) is 11.7 Å². The van der Waals surface area contributed by atoms with Gasteiger partial charge in [-0.3, -0.25) is 4.79 Å². The van der Waals surface area contributed by atoms with Crippen LogP contribution in [0.15, 0.2) is 67.0 Å². The van der Waals surface area contributed by atoms with Crippen LogP contribution in [0.5, 0.6) is 0 Å². The van der Waals surface area contributed by atoms with E-state index in [1.807, 2.05) is 47.4 Å². The van der Waals surface area contributed by atoms with E-state index in [1.165, 1.54) is 12.1 Å². The summed E-state index contributed by atoms with van der Waals surface area (Å²) in [6.45, 7) is 0.498. The number of benzene rings is 2. The summed E-state index contributed by atoms with van der Waals surface area (Å²) in [6, 6.07) is 16.1. The number of nitrogens with zero attached hydrogens (tertiary/aromatic N) is 4. The molecule has 2 aromatic carbocycles. The average Bonchev–Trinajstić information content (AvgIpc) is 3.52. The number of aromatic nitrogens is 4. The van der Waals surface area contributed by atoms with Gasteiger partial charge in [0.05, 0.1) is 17.6 Å². The Labute approximate surface area is 179 Å². The second-order valence-electron chi connectivity index (χ2n) is 7.65. The lowest BCUT2D eigenvalue weighted by atomic mass is 10.2. The summed E-state index contributed by atoms with van der Waals surface area (Å²) >= 11 is 0. The molecule has 0 unspecified atom stereocenters. The van der Waals surface area contributed by atoms with Gasteiger partial charge in [0.1, 0.15) is 5.82 Å². The lowest BCUT2D eigenvalue weighted by Gasteiger charge is -2.05. The first kappa shape index (κ1) is 19.2. The van der Waals surface area contributed by atoms with Crippen LogP contribution in [0.25, 0.3) is 11.4 Å². The van der Waals surface area contributed by atoms with E-state index >= 15 is 0 Å². The van der Waals surface area contributed by atoms with Crippen LogP contribution in [-0.2, 0) is 19.3 Å². The lowest BCUT2D eigenvalue weighted by molar-refractivity contribution is 0.0948. The first-order valence-electron chi connectivity index (χ1n) is 10.4. The Morgan fingerprint density at radius 2 is 1.84 bits per heavy atom. The van der Waals surface area contributed by atoms with Crippen LogP contribution >= 0.6 is 0 Å². The molecule has 0 saturated carbocycles. The van der Waals surface area contributed by atoms with Crippen LogP contribution in [0.4, 0.5) is 4.39 Å². The standard InChI is InChI=1S/C24H22FN5O/c25-18-9-11-20(12-10-18)30-22-8-4-7-21(22)23(28-30)24(31)26-14-13-17-15-27-29(16-17)19-5-2-1-3-6-19/h1-3,5-6,9-12,15-16H,4,7-8,13-14H2,(H,26,31). The van der Waals surface area contributed by atoms with Crippen LogP contribution in [0.3, 0.4) is 0 Å². The third-order valence-electron chi connectivity index (χ3n) is 5.57. The van der Waals surface area contributed by atoms with Crippen LogP contribution in [0.1, 0.15) is 33.7 Å². The predicted molar refractivity (Wildman–Crippen MR) is 115 cm³/mol. The minimum absolute atomic E-state index is 0.172. The molecule has 1 aliphatic rings. The van der Waals surface area contributed by atoms with E-state index in [4.69, 9.17) is 0 Å². The monoisotopic (exact) mass is 415 g/mol. The zero-order valence-corrected chi connectivity index (χ0v) is 17.0. The van der Waals surface area contributed by atoms with Crippen molar-refractivity contribution in [2.24, 2.45) is 0 Å². The van der Waals surface area contributed by atoms with Crippen molar-refractivity contribution in [3.63, 3.8) is 0 Å². The summed E-state index contributed by atoms with van der Waals surface area (Å²) in [7, 11) is 0. The highest BCUT2D eigenvalue weighted by Gasteiger charge is 2.26. The van der Waals surface area contributed by atoms with Crippen LogP contribution in [0, 0.1) is 5.82 Å². The van der Waals surface area contributed by atoms with Crippen molar-refractivity contribution in [3.8, 4) is 11.4 Å². The van der Waals surface area contributed by atoms with Gasteiger partial charge in [-0.05, 0) is 67.6 Å². The fraction of sp³-hybridized carbons (Fsp3) is 0.208. The van der Waals surface area contributed by atoms with Crippen LogP contribution < -0.4 is 5.32 Å². The van der Waals surface area contributed by atoms with Crippen molar-refractivity contribution in [2.75, 3.05) is 6.54 Å². The highest BCUT2D eigenvalue weighted by atomic mass is 19.1. The van der Waals surface area contributed by atoms with Gasteiger partial charge in [-0.2, -0.15) is 10.2 Å². The predicted octanol–water partition coefficient (Wildman–Crippen LogP) is 3.66. The largest absolute Gasteiger partial charge is 0.350 e. The van der Waals surface area contributed by atoms with Gasteiger partial charge in [0, 0.05) is 24.0 Å². The molecule has 0 atom stereocenters. The van der Waals surface area contributed by atoms with Gasteiger partial charge in [0.15, 0.2) is 5.69 Å². The smallest absolute Gasteiger partial charge is 0.272 e. The quantitative estimate of drug-likeness (QED) is 0.523. The van der Waals surface area contributed by atoms with E-state index < -0.39 is 0 Å². The van der Waals surface area contributed by atoms with E-state index in [0.717, 1.165) is 47.5 Å². The fourth-order valence-electron chi connectivity index (χ4n) is 4.03. The molecule has 7 heteroatoms. The summed E-state index contributed by atoms with van der Waals surface area (Å²) in [4.78, 5) is 12.9. The van der Waals surface area contributed by atoms with Gasteiger partial charge in [0.25, 0.3) is 5.91 Å². The molecule has 1 N–H and O–H groups in total. The topological polar surface area (TPSA) is 64.7 Å². The molecule has 0 bridgehead atoms. The number of nitrogens with one attached hydrogen (secondary N) is 1. The summed E-state index contributed by atoms with van der Waals surface area (Å²) in [5.41, 5.74) is 5.33. The van der Waals surface area contributed by atoms with Crippen molar-refractivity contribution in [2.45, 2.75) is 25.7 Å². The molecule has 0 aliphatic heterocycles. The van der Waals surface area contributed by atoms with Crippen molar-refractivity contribution in [1.29, 1.82) is 0 Å². The number of para-hydroxylation sites is 1. The number of rotatable bonds is 6. The number of carbonyl (C=O) groups excluding carboxylic acids is 1. The minimum Gasteiger partial charge on any atom is -0.350 e. The highest BCUT2D eigenvalue weighted by molar-refractivity contribution is 5.94. The molecule has 0 radical (unpaired) electrons. The van der Waals surface area contributed by atoms with Gasteiger partial charge in [-0.25, -0.2) is 13.8 Å². The summed E-state index contributed by atoms with van der Waals surface area (Å²) < 4.78 is 16.9. The van der Waals surface area contributed by atoms with Crippen molar-refractivity contribution >= 4 is 5.91 Å². The molecule has 0 fully saturated rings. The Hall–Kier alpha value is -3.74. The minimum atomic E-state index is -0.291. The average molecular weight is 415 g/mol. The molecule has 2 heterocycles. The number of hydrogen-bond acceptors (Lipinski definition) is 3. The number of amides is 1. The molecule has 0 saturated heterocycles. The summed E-state index contributed by atoms with van der Waals surface area (Å²) in [6.07, 6.45) is 7.17. The van der Waals surface area contributed by atoms with Gasteiger partial charge in [0.2, 0.25) is 0 Å². The molecule has 4 aromatic rings. The van der Waals surface area contributed by atoms with Crippen LogP contribution in [0.2, 0.25) is 0 Å². The molecule has 5 rings (SSSR count). The highest BCUT2D eigenvalue weighted by Crippen LogP contribution is 2.28. The van der Waals surface area contributed by atoms with Crippen LogP contribution in [-0.4, -0.2) is 32.0 Å². The molecule has 0 spiro atoms. The molecule has 1 aliphatic carbocycles. The van der Waals surface area contributed by atoms with E-state index in [1.54, 1.807) is 16.8 Å². The Balaban J connectivity index is 1.27. The Bertz CT molecular complexity index is 1210. The molecule has 6 nitrogen and oxygen atoms in total. The zero-order valence-electron chi connectivity index (χ0n) is 17.0. The Morgan fingerprint density at radius 1 is 1.03 bits per heavy atom. The van der Waals surface area contributed by atoms with Crippen molar-refractivity contribution in [1.82, 2.24) is 24.9 Å². The molecule has 2 aromatic heterocycles. The lowest BCUT2D eigenvalue weighted by Crippen LogP contribution is -2.27. The molecule has 31 heavy (non-hydrogen) atoms. The normalized spacial score (nSPS) is 12.7. The molecular formula is C24H22FN5O. The van der Waals surface area contributed by atoms with E-state index in [2.05, 4.69) is 15.5 Å². The number of halogens is 1. The van der Waals surface area contributed by atoms with Gasteiger partial charge in [-0.15, -0.1) is 0 Å². The second-order valence-corrected chi connectivity index (χ2v) is 7.65. The second kappa shape index (κ2) is 8.18. The number of hydrogen-bond donors (Lipinski definition) is 1. The number of fused-ring (bicyclic) bond motifs is 1. The number of carbonyl (C=O) groups is 1. The maximum Gasteiger partial charge on any atom is 0.272 e. The molecule has 156 valence electrons. The maximum atomic E-state index is 13.3. The Morgan fingerprint density at radius 3 is 2.65 bits per heavy atom. The Kier molecular flexibility index (Phi) is 5.08. The maximum absolute atomic E-state index is 13.3. The molecular weight excluding hydrogens is 393 g/mol. The third-order valence-corrected chi connectivity index (χ3v) is 5.57. The summed E-state index contributed by atoms with van der Waals surface area (Å²) in [5.74, 6) is -0.462. The molecule has 1 amide bonds. The van der Waals surface area contributed by atoms with Gasteiger partial charge in [-0.1, -0.05) is 18.2 Å². The summed E-state index contributed by atoms with van der Waals surface area (Å²) in [5, 5.41) is 11.9. The first-order valence-corrected chi connectivity index (χ1v) is 10.4. The SMILES string of the molecule is O=C(NCCc1cnn(-c2ccccc2)c1)c1nn(-c2ccc(F)cc2)c2c1CCC2. The zero-order chi connectivity index (χ0) is 21.2. The van der Waals surface area contributed by atoms with E-state index in [9.17, 15) is 9.18 Å². The first-order chi connectivity index (χ1) is 15.2. The van der Waals surface area contributed by atoms with Gasteiger partial charge < -0.3 is 5.32 Å².